The zero-order chi connectivity index (χ0) is 13.4. The van der Waals surface area contributed by atoms with Crippen molar-refractivity contribution in [3.63, 3.8) is 0 Å². The lowest BCUT2D eigenvalue weighted by Gasteiger charge is -2.13. The van der Waals surface area contributed by atoms with Crippen LogP contribution in [0.1, 0.15) is 40.3 Å². The summed E-state index contributed by atoms with van der Waals surface area (Å²) < 4.78 is 0. The van der Waals surface area contributed by atoms with Crippen LogP contribution in [0.15, 0.2) is 11.4 Å². The number of aromatic nitrogens is 1. The third-order valence-corrected chi connectivity index (χ3v) is 4.52. The number of hydrogen-bond donors (Lipinski definition) is 1. The number of aliphatic hydroxyl groups is 1. The van der Waals surface area contributed by atoms with E-state index in [0.29, 0.717) is 0 Å². The number of aryl methyl sites for hydroxylation is 2. The Balaban J connectivity index is 2.62. The number of rotatable bonds is 2. The summed E-state index contributed by atoms with van der Waals surface area (Å²) in [5.74, 6) is 0. The van der Waals surface area contributed by atoms with Crippen LogP contribution in [-0.4, -0.2) is 10.1 Å². The minimum absolute atomic E-state index is 0.490. The fourth-order valence-corrected chi connectivity index (χ4v) is 2.95. The molecule has 2 nitrogen and oxygen atoms in total. The minimum Gasteiger partial charge on any atom is -0.386 e. The Morgan fingerprint density at radius 3 is 2.11 bits per heavy atom. The molecule has 0 fully saturated rings. The lowest BCUT2D eigenvalue weighted by molar-refractivity contribution is 0.199. The molecule has 0 saturated carbocycles. The Bertz CT molecular complexity index is 558. The summed E-state index contributed by atoms with van der Waals surface area (Å²) in [5.41, 5.74) is 7.34. The van der Waals surface area contributed by atoms with E-state index in [9.17, 15) is 5.11 Å². The molecule has 0 spiro atoms. The number of thiazole rings is 1. The van der Waals surface area contributed by atoms with Crippen LogP contribution in [0.2, 0.25) is 0 Å². The van der Waals surface area contributed by atoms with E-state index in [0.717, 1.165) is 10.7 Å². The Morgan fingerprint density at radius 1 is 1.11 bits per heavy atom. The van der Waals surface area contributed by atoms with Gasteiger partial charge in [-0.25, -0.2) is 4.98 Å². The molecule has 1 heterocycles. The van der Waals surface area contributed by atoms with Gasteiger partial charge in [0.25, 0.3) is 0 Å². The van der Waals surface area contributed by atoms with E-state index < -0.39 is 6.10 Å². The highest BCUT2D eigenvalue weighted by Gasteiger charge is 2.14. The van der Waals surface area contributed by atoms with E-state index in [1.807, 2.05) is 5.38 Å². The molecule has 0 aliphatic heterocycles. The van der Waals surface area contributed by atoms with Gasteiger partial charge in [0.05, 0.1) is 5.69 Å². The van der Waals surface area contributed by atoms with E-state index in [1.165, 1.54) is 39.2 Å². The van der Waals surface area contributed by atoms with Gasteiger partial charge in [-0.2, -0.15) is 0 Å². The van der Waals surface area contributed by atoms with Crippen LogP contribution < -0.4 is 0 Å². The van der Waals surface area contributed by atoms with Gasteiger partial charge in [0.1, 0.15) is 11.1 Å². The standard InChI is InChI=1S/C15H19NOS/c1-8-6-9(2)11(4)14(10(8)3)13-7-18-15(16-13)12(5)17/h6-7,12,17H,1-5H3. The van der Waals surface area contributed by atoms with Crippen molar-refractivity contribution in [3.05, 3.63) is 38.7 Å². The van der Waals surface area contributed by atoms with Crippen LogP contribution in [0.4, 0.5) is 0 Å². The van der Waals surface area contributed by atoms with Crippen molar-refractivity contribution in [3.8, 4) is 11.3 Å². The quantitative estimate of drug-likeness (QED) is 0.883. The molecule has 2 aromatic rings. The Kier molecular flexibility index (Phi) is 3.55. The van der Waals surface area contributed by atoms with Crippen molar-refractivity contribution in [2.75, 3.05) is 0 Å². The SMILES string of the molecule is Cc1cc(C)c(C)c(-c2csc(C(C)O)n2)c1C. The van der Waals surface area contributed by atoms with E-state index in [4.69, 9.17) is 0 Å². The van der Waals surface area contributed by atoms with Crippen LogP contribution in [-0.2, 0) is 0 Å². The third-order valence-electron chi connectivity index (χ3n) is 3.50. The van der Waals surface area contributed by atoms with Gasteiger partial charge in [0.2, 0.25) is 0 Å². The first-order valence-corrected chi connectivity index (χ1v) is 7.01. The number of nitrogens with zero attached hydrogens (tertiary/aromatic N) is 1. The summed E-state index contributed by atoms with van der Waals surface area (Å²) in [6.45, 7) is 10.3. The molecule has 3 heteroatoms. The van der Waals surface area contributed by atoms with E-state index in [2.05, 4.69) is 38.7 Å². The zero-order valence-corrected chi connectivity index (χ0v) is 12.4. The fraction of sp³-hybridized carbons (Fsp3) is 0.400. The first-order chi connectivity index (χ1) is 8.41. The molecular formula is C15H19NOS. The fourth-order valence-electron chi connectivity index (χ4n) is 2.20. The van der Waals surface area contributed by atoms with E-state index in [-0.39, 0.29) is 0 Å². The minimum atomic E-state index is -0.490. The smallest absolute Gasteiger partial charge is 0.122 e. The molecule has 96 valence electrons. The molecule has 1 aromatic heterocycles. The van der Waals surface area contributed by atoms with Crippen molar-refractivity contribution < 1.29 is 5.11 Å². The van der Waals surface area contributed by atoms with Crippen molar-refractivity contribution in [2.45, 2.75) is 40.7 Å². The lowest BCUT2D eigenvalue weighted by Crippen LogP contribution is -1.96. The predicted molar refractivity (Wildman–Crippen MR) is 77.1 cm³/mol. The van der Waals surface area contributed by atoms with Gasteiger partial charge in [-0.3, -0.25) is 0 Å². The normalized spacial score (nSPS) is 12.8. The third kappa shape index (κ3) is 2.20. The summed E-state index contributed by atoms with van der Waals surface area (Å²) in [7, 11) is 0. The number of aliphatic hydroxyl groups excluding tert-OH is 1. The van der Waals surface area contributed by atoms with Crippen LogP contribution in [0, 0.1) is 27.7 Å². The van der Waals surface area contributed by atoms with Crippen molar-refractivity contribution in [1.29, 1.82) is 0 Å². The highest BCUT2D eigenvalue weighted by molar-refractivity contribution is 7.10. The maximum absolute atomic E-state index is 9.58. The number of hydrogen-bond acceptors (Lipinski definition) is 3. The Hall–Kier alpha value is -1.19. The van der Waals surface area contributed by atoms with Gasteiger partial charge in [0.15, 0.2) is 0 Å². The second kappa shape index (κ2) is 4.82. The second-order valence-corrected chi connectivity index (χ2v) is 5.77. The van der Waals surface area contributed by atoms with Gasteiger partial charge < -0.3 is 5.11 Å². The van der Waals surface area contributed by atoms with Crippen molar-refractivity contribution in [1.82, 2.24) is 4.98 Å². The van der Waals surface area contributed by atoms with Gasteiger partial charge in [-0.15, -0.1) is 11.3 Å². The molecule has 0 saturated heterocycles. The molecule has 1 aromatic carbocycles. The molecule has 0 bridgehead atoms. The maximum Gasteiger partial charge on any atom is 0.122 e. The molecule has 0 radical (unpaired) electrons. The summed E-state index contributed by atoms with van der Waals surface area (Å²) in [5, 5.41) is 12.4. The lowest BCUT2D eigenvalue weighted by atomic mass is 9.93. The van der Waals surface area contributed by atoms with E-state index >= 15 is 0 Å². The Morgan fingerprint density at radius 2 is 1.67 bits per heavy atom. The van der Waals surface area contributed by atoms with Crippen LogP contribution >= 0.6 is 11.3 Å². The molecule has 18 heavy (non-hydrogen) atoms. The average Bonchev–Trinajstić information content (AvgIpc) is 2.76. The molecule has 1 atom stereocenters. The van der Waals surface area contributed by atoms with Gasteiger partial charge >= 0.3 is 0 Å². The highest BCUT2D eigenvalue weighted by Crippen LogP contribution is 2.33. The summed E-state index contributed by atoms with van der Waals surface area (Å²) >= 11 is 1.52. The largest absolute Gasteiger partial charge is 0.386 e. The summed E-state index contributed by atoms with van der Waals surface area (Å²) in [6, 6.07) is 2.22. The van der Waals surface area contributed by atoms with Crippen LogP contribution in [0.3, 0.4) is 0 Å². The van der Waals surface area contributed by atoms with E-state index in [1.54, 1.807) is 6.92 Å². The number of benzene rings is 1. The predicted octanol–water partition coefficient (Wildman–Crippen LogP) is 4.10. The molecule has 2 rings (SSSR count). The zero-order valence-electron chi connectivity index (χ0n) is 11.5. The van der Waals surface area contributed by atoms with Gasteiger partial charge in [-0.1, -0.05) is 6.07 Å². The topological polar surface area (TPSA) is 33.1 Å². The molecule has 1 N–H and O–H groups in total. The van der Waals surface area contributed by atoms with Crippen LogP contribution in [0.5, 0.6) is 0 Å². The summed E-state index contributed by atoms with van der Waals surface area (Å²) in [6.07, 6.45) is -0.490. The first-order valence-electron chi connectivity index (χ1n) is 6.13. The molecule has 1 unspecified atom stereocenters. The average molecular weight is 261 g/mol. The molecule has 0 amide bonds. The van der Waals surface area contributed by atoms with Crippen molar-refractivity contribution in [2.24, 2.45) is 0 Å². The van der Waals surface area contributed by atoms with Crippen molar-refractivity contribution >= 4 is 11.3 Å². The first kappa shape index (κ1) is 13.2. The van der Waals surface area contributed by atoms with Gasteiger partial charge in [-0.05, 0) is 56.9 Å². The molecule has 0 aliphatic rings. The van der Waals surface area contributed by atoms with Gasteiger partial charge in [0, 0.05) is 10.9 Å². The monoisotopic (exact) mass is 261 g/mol. The maximum atomic E-state index is 9.58. The Labute approximate surface area is 112 Å². The summed E-state index contributed by atoms with van der Waals surface area (Å²) in [4.78, 5) is 4.55. The van der Waals surface area contributed by atoms with Crippen LogP contribution in [0.25, 0.3) is 11.3 Å². The second-order valence-electron chi connectivity index (χ2n) is 4.88. The highest BCUT2D eigenvalue weighted by atomic mass is 32.1. The molecular weight excluding hydrogens is 242 g/mol. The molecule has 0 aliphatic carbocycles.